The first-order chi connectivity index (χ1) is 10.1. The van der Waals surface area contributed by atoms with Crippen LogP contribution in [0.15, 0.2) is 48.5 Å². The first kappa shape index (κ1) is 15.5. The molecule has 0 radical (unpaired) electrons. The van der Waals surface area contributed by atoms with Crippen molar-refractivity contribution in [3.63, 3.8) is 0 Å². The lowest BCUT2D eigenvalue weighted by Gasteiger charge is -2.22. The summed E-state index contributed by atoms with van der Waals surface area (Å²) < 4.78 is 12.9. The minimum absolute atomic E-state index is 0.0538. The summed E-state index contributed by atoms with van der Waals surface area (Å²) >= 11 is 5.89. The van der Waals surface area contributed by atoms with Crippen LogP contribution in [0.5, 0.6) is 0 Å². The number of rotatable bonds is 6. The van der Waals surface area contributed by atoms with Crippen LogP contribution in [0, 0.1) is 5.82 Å². The van der Waals surface area contributed by atoms with E-state index in [4.69, 9.17) is 11.6 Å². The highest BCUT2D eigenvalue weighted by Gasteiger charge is 2.10. The van der Waals surface area contributed by atoms with E-state index in [0.717, 1.165) is 12.2 Å². The van der Waals surface area contributed by atoms with E-state index in [9.17, 15) is 9.18 Å². The average molecular weight is 306 g/mol. The molecule has 0 heterocycles. The zero-order valence-electron chi connectivity index (χ0n) is 11.9. The molecule has 0 aliphatic carbocycles. The summed E-state index contributed by atoms with van der Waals surface area (Å²) in [6.45, 7) is 3.36. The Morgan fingerprint density at radius 1 is 1.19 bits per heavy atom. The lowest BCUT2D eigenvalue weighted by atomic mass is 10.1. The van der Waals surface area contributed by atoms with Crippen molar-refractivity contribution in [1.82, 2.24) is 0 Å². The number of halogens is 2. The van der Waals surface area contributed by atoms with Gasteiger partial charge in [0.2, 0.25) is 0 Å². The van der Waals surface area contributed by atoms with Crippen LogP contribution < -0.4 is 4.90 Å². The van der Waals surface area contributed by atoms with Gasteiger partial charge in [-0.2, -0.15) is 0 Å². The fraction of sp³-hybridized carbons (Fsp3) is 0.235. The highest BCUT2D eigenvalue weighted by atomic mass is 35.5. The van der Waals surface area contributed by atoms with Crippen LogP contribution in [0.4, 0.5) is 10.1 Å². The number of carbonyl (C=O) groups is 1. The van der Waals surface area contributed by atoms with Crippen molar-refractivity contribution in [3.8, 4) is 0 Å². The molecule has 0 atom stereocenters. The van der Waals surface area contributed by atoms with Crippen LogP contribution in [0.1, 0.15) is 23.7 Å². The van der Waals surface area contributed by atoms with E-state index < -0.39 is 0 Å². The van der Waals surface area contributed by atoms with Gasteiger partial charge in [-0.3, -0.25) is 4.79 Å². The summed E-state index contributed by atoms with van der Waals surface area (Å²) in [6, 6.07) is 13.3. The van der Waals surface area contributed by atoms with Crippen LogP contribution in [0.25, 0.3) is 0 Å². The van der Waals surface area contributed by atoms with Gasteiger partial charge in [-0.15, -0.1) is 0 Å². The van der Waals surface area contributed by atoms with E-state index in [-0.39, 0.29) is 11.6 Å². The lowest BCUT2D eigenvalue weighted by molar-refractivity contribution is 0.0984. The van der Waals surface area contributed by atoms with Gasteiger partial charge in [0.15, 0.2) is 5.78 Å². The van der Waals surface area contributed by atoms with Crippen molar-refractivity contribution in [2.24, 2.45) is 0 Å². The Bertz CT molecular complexity index is 612. The van der Waals surface area contributed by atoms with Gasteiger partial charge in [-0.1, -0.05) is 23.7 Å². The molecule has 0 amide bonds. The molecule has 0 aliphatic heterocycles. The topological polar surface area (TPSA) is 20.3 Å². The van der Waals surface area contributed by atoms with E-state index in [2.05, 4.69) is 0 Å². The minimum atomic E-state index is -0.259. The standard InChI is InChI=1S/C17H17ClFNO/c1-2-20(16-8-6-15(19)7-9-16)11-10-17(21)13-4-3-5-14(18)12-13/h3-9,12H,2,10-11H2,1H3. The SMILES string of the molecule is CCN(CCC(=O)c1cccc(Cl)c1)c1ccc(F)cc1. The van der Waals surface area contributed by atoms with E-state index in [0.29, 0.717) is 23.6 Å². The number of anilines is 1. The van der Waals surface area contributed by atoms with Crippen LogP contribution in [0.2, 0.25) is 5.02 Å². The zero-order chi connectivity index (χ0) is 15.2. The van der Waals surface area contributed by atoms with Gasteiger partial charge in [0.05, 0.1) is 0 Å². The molecule has 0 aliphatic rings. The Labute approximate surface area is 129 Å². The summed E-state index contributed by atoms with van der Waals surface area (Å²) in [4.78, 5) is 14.2. The summed E-state index contributed by atoms with van der Waals surface area (Å²) in [7, 11) is 0. The second-order valence-electron chi connectivity index (χ2n) is 4.74. The van der Waals surface area contributed by atoms with Gasteiger partial charge in [0.1, 0.15) is 5.82 Å². The van der Waals surface area contributed by atoms with E-state index in [1.807, 2.05) is 11.8 Å². The second kappa shape index (κ2) is 7.23. The highest BCUT2D eigenvalue weighted by Crippen LogP contribution is 2.17. The molecule has 0 saturated heterocycles. The third-order valence-corrected chi connectivity index (χ3v) is 3.56. The molecule has 2 nitrogen and oxygen atoms in total. The van der Waals surface area contributed by atoms with Crippen molar-refractivity contribution in [2.75, 3.05) is 18.0 Å². The van der Waals surface area contributed by atoms with E-state index >= 15 is 0 Å². The molecule has 0 spiro atoms. The van der Waals surface area contributed by atoms with Crippen molar-refractivity contribution in [3.05, 3.63) is 64.9 Å². The van der Waals surface area contributed by atoms with Crippen LogP contribution in [0.3, 0.4) is 0 Å². The third kappa shape index (κ3) is 4.30. The minimum Gasteiger partial charge on any atom is -0.371 e. The first-order valence-electron chi connectivity index (χ1n) is 6.89. The molecule has 0 saturated carbocycles. The molecule has 2 aromatic rings. The fourth-order valence-electron chi connectivity index (χ4n) is 2.16. The Morgan fingerprint density at radius 3 is 2.52 bits per heavy atom. The molecule has 2 rings (SSSR count). The summed E-state index contributed by atoms with van der Waals surface area (Å²) in [5.41, 5.74) is 1.54. The van der Waals surface area contributed by atoms with E-state index in [1.54, 1.807) is 36.4 Å². The maximum atomic E-state index is 12.9. The van der Waals surface area contributed by atoms with E-state index in [1.165, 1.54) is 12.1 Å². The summed E-state index contributed by atoms with van der Waals surface area (Å²) in [5.74, 6) is -0.206. The number of carbonyl (C=O) groups excluding carboxylic acids is 1. The van der Waals surface area contributed by atoms with Gasteiger partial charge < -0.3 is 4.90 Å². The maximum absolute atomic E-state index is 12.9. The van der Waals surface area contributed by atoms with Gasteiger partial charge >= 0.3 is 0 Å². The number of nitrogens with zero attached hydrogens (tertiary/aromatic N) is 1. The summed E-state index contributed by atoms with van der Waals surface area (Å²) in [5, 5.41) is 0.562. The third-order valence-electron chi connectivity index (χ3n) is 3.33. The van der Waals surface area contributed by atoms with Gasteiger partial charge in [0.25, 0.3) is 0 Å². The summed E-state index contributed by atoms with van der Waals surface area (Å²) in [6.07, 6.45) is 0.394. The molecule has 2 aromatic carbocycles. The lowest BCUT2D eigenvalue weighted by Crippen LogP contribution is -2.25. The Balaban J connectivity index is 2.00. The van der Waals surface area contributed by atoms with Crippen LogP contribution >= 0.6 is 11.6 Å². The van der Waals surface area contributed by atoms with Gasteiger partial charge in [0, 0.05) is 35.8 Å². The van der Waals surface area contributed by atoms with Crippen molar-refractivity contribution in [1.29, 1.82) is 0 Å². The number of hydrogen-bond acceptors (Lipinski definition) is 2. The smallest absolute Gasteiger partial charge is 0.164 e. The molecule has 110 valence electrons. The molecule has 0 fully saturated rings. The second-order valence-corrected chi connectivity index (χ2v) is 5.18. The number of benzene rings is 2. The van der Waals surface area contributed by atoms with Crippen molar-refractivity contribution in [2.45, 2.75) is 13.3 Å². The fourth-order valence-corrected chi connectivity index (χ4v) is 2.35. The first-order valence-corrected chi connectivity index (χ1v) is 7.27. The van der Waals surface area contributed by atoms with Crippen molar-refractivity contribution < 1.29 is 9.18 Å². The highest BCUT2D eigenvalue weighted by molar-refractivity contribution is 6.31. The quantitative estimate of drug-likeness (QED) is 0.728. The Hall–Kier alpha value is -1.87. The molecule has 0 N–H and O–H groups in total. The number of hydrogen-bond donors (Lipinski definition) is 0. The molecular weight excluding hydrogens is 289 g/mol. The normalized spacial score (nSPS) is 10.4. The van der Waals surface area contributed by atoms with Crippen LogP contribution in [-0.2, 0) is 0 Å². The monoisotopic (exact) mass is 305 g/mol. The predicted octanol–water partition coefficient (Wildman–Crippen LogP) is 4.58. The molecule has 21 heavy (non-hydrogen) atoms. The molecule has 0 unspecified atom stereocenters. The number of Topliss-reactive ketones (excluding diaryl/α,β-unsaturated/α-hetero) is 1. The largest absolute Gasteiger partial charge is 0.371 e. The predicted molar refractivity (Wildman–Crippen MR) is 84.7 cm³/mol. The molecular formula is C17H17ClFNO. The number of ketones is 1. The maximum Gasteiger partial charge on any atom is 0.164 e. The molecule has 0 aromatic heterocycles. The Kier molecular flexibility index (Phi) is 5.34. The average Bonchev–Trinajstić information content (AvgIpc) is 2.49. The van der Waals surface area contributed by atoms with Crippen molar-refractivity contribution >= 4 is 23.1 Å². The Morgan fingerprint density at radius 2 is 1.90 bits per heavy atom. The zero-order valence-corrected chi connectivity index (χ0v) is 12.6. The molecule has 0 bridgehead atoms. The van der Waals surface area contributed by atoms with Gasteiger partial charge in [-0.25, -0.2) is 4.39 Å². The van der Waals surface area contributed by atoms with Crippen LogP contribution in [-0.4, -0.2) is 18.9 Å². The molecule has 4 heteroatoms. The van der Waals surface area contributed by atoms with Gasteiger partial charge in [-0.05, 0) is 43.3 Å².